The van der Waals surface area contributed by atoms with Crippen LogP contribution in [-0.4, -0.2) is 10.2 Å². The number of aromatic nitrogens is 2. The molecule has 0 aliphatic carbocycles. The number of benzene rings is 2. The van der Waals surface area contributed by atoms with E-state index in [1.807, 2.05) is 30.3 Å². The lowest BCUT2D eigenvalue weighted by molar-refractivity contribution is -0.137. The van der Waals surface area contributed by atoms with Gasteiger partial charge in [0.05, 0.1) is 5.56 Å². The van der Waals surface area contributed by atoms with Gasteiger partial charge in [-0.1, -0.05) is 53.8 Å². The highest BCUT2D eigenvalue weighted by atomic mass is 32.1. The Morgan fingerprint density at radius 3 is 1.76 bits per heavy atom. The molecule has 0 fully saturated rings. The minimum Gasteiger partial charge on any atom is -0.166 e. The molecule has 0 saturated heterocycles. The molecule has 2 nitrogen and oxygen atoms in total. The van der Waals surface area contributed by atoms with Crippen LogP contribution < -0.4 is 0 Å². The number of hydrogen-bond acceptors (Lipinski definition) is 3. The molecule has 0 saturated carbocycles. The fourth-order valence-electron chi connectivity index (χ4n) is 1.84. The van der Waals surface area contributed by atoms with Crippen molar-refractivity contribution in [2.45, 2.75) is 6.18 Å². The number of nitrogens with zero attached hydrogens (tertiary/aromatic N) is 2. The summed E-state index contributed by atoms with van der Waals surface area (Å²) < 4.78 is 37.6. The van der Waals surface area contributed by atoms with Gasteiger partial charge in [0.15, 0.2) is 0 Å². The van der Waals surface area contributed by atoms with Gasteiger partial charge in [0, 0.05) is 11.1 Å². The lowest BCUT2D eigenvalue weighted by atomic mass is 10.1. The van der Waals surface area contributed by atoms with Crippen molar-refractivity contribution in [3.05, 3.63) is 60.2 Å². The predicted octanol–water partition coefficient (Wildman–Crippen LogP) is 4.89. The van der Waals surface area contributed by atoms with Crippen molar-refractivity contribution in [1.29, 1.82) is 0 Å². The molecule has 3 aromatic rings. The van der Waals surface area contributed by atoms with E-state index in [9.17, 15) is 13.2 Å². The molecule has 0 bridgehead atoms. The van der Waals surface area contributed by atoms with E-state index in [4.69, 9.17) is 0 Å². The fraction of sp³-hybridized carbons (Fsp3) is 0.0667. The maximum Gasteiger partial charge on any atom is 0.416 e. The van der Waals surface area contributed by atoms with Gasteiger partial charge < -0.3 is 0 Å². The molecule has 106 valence electrons. The van der Waals surface area contributed by atoms with Gasteiger partial charge in [-0.2, -0.15) is 13.2 Å². The highest BCUT2D eigenvalue weighted by Crippen LogP contribution is 2.33. The zero-order valence-electron chi connectivity index (χ0n) is 10.6. The zero-order chi connectivity index (χ0) is 14.9. The third kappa shape index (κ3) is 2.95. The smallest absolute Gasteiger partial charge is 0.166 e. The van der Waals surface area contributed by atoms with E-state index in [1.165, 1.54) is 23.5 Å². The first kappa shape index (κ1) is 13.8. The Morgan fingerprint density at radius 1 is 0.714 bits per heavy atom. The Hall–Kier alpha value is -2.21. The number of alkyl halides is 3. The normalized spacial score (nSPS) is 11.6. The standard InChI is InChI=1S/C15H9F3N2S/c16-15(17,18)12-8-6-11(7-9-12)14-20-19-13(21-14)10-4-2-1-3-5-10/h1-9H. The molecule has 0 N–H and O–H groups in total. The van der Waals surface area contributed by atoms with Crippen molar-refractivity contribution in [3.63, 3.8) is 0 Å². The predicted molar refractivity (Wildman–Crippen MR) is 75.8 cm³/mol. The third-order valence-electron chi connectivity index (χ3n) is 2.90. The lowest BCUT2D eigenvalue weighted by Gasteiger charge is -2.06. The highest BCUT2D eigenvalue weighted by Gasteiger charge is 2.30. The second kappa shape index (κ2) is 5.29. The highest BCUT2D eigenvalue weighted by molar-refractivity contribution is 7.17. The molecule has 0 radical (unpaired) electrons. The quantitative estimate of drug-likeness (QED) is 0.673. The molecule has 0 aliphatic rings. The minimum atomic E-state index is -4.32. The van der Waals surface area contributed by atoms with Crippen molar-refractivity contribution >= 4 is 11.3 Å². The summed E-state index contributed by atoms with van der Waals surface area (Å²) >= 11 is 1.35. The van der Waals surface area contributed by atoms with E-state index >= 15 is 0 Å². The van der Waals surface area contributed by atoms with E-state index in [0.29, 0.717) is 10.6 Å². The van der Waals surface area contributed by atoms with Crippen LogP contribution in [-0.2, 0) is 6.18 Å². The van der Waals surface area contributed by atoms with Gasteiger partial charge in [-0.15, -0.1) is 10.2 Å². The molecule has 0 unspecified atom stereocenters. The first-order chi connectivity index (χ1) is 10.0. The molecule has 1 aromatic heterocycles. The number of hydrogen-bond donors (Lipinski definition) is 0. The van der Waals surface area contributed by atoms with E-state index in [1.54, 1.807) is 0 Å². The van der Waals surface area contributed by atoms with Crippen molar-refractivity contribution < 1.29 is 13.2 Å². The molecule has 0 amide bonds. The Morgan fingerprint density at radius 2 is 1.24 bits per heavy atom. The number of halogens is 3. The summed E-state index contributed by atoms with van der Waals surface area (Å²) in [6.07, 6.45) is -4.32. The minimum absolute atomic E-state index is 0.600. The fourth-order valence-corrected chi connectivity index (χ4v) is 2.69. The molecular weight excluding hydrogens is 297 g/mol. The summed E-state index contributed by atoms with van der Waals surface area (Å²) in [5, 5.41) is 9.46. The number of rotatable bonds is 2. The molecule has 3 rings (SSSR count). The van der Waals surface area contributed by atoms with Gasteiger partial charge in [-0.05, 0) is 12.1 Å². The summed E-state index contributed by atoms with van der Waals surface area (Å²) in [6, 6.07) is 14.5. The molecule has 0 spiro atoms. The van der Waals surface area contributed by atoms with Gasteiger partial charge in [-0.3, -0.25) is 0 Å². The van der Waals surface area contributed by atoms with E-state index in [2.05, 4.69) is 10.2 Å². The largest absolute Gasteiger partial charge is 0.416 e. The van der Waals surface area contributed by atoms with Gasteiger partial charge in [-0.25, -0.2) is 0 Å². The Balaban J connectivity index is 1.90. The molecule has 1 heterocycles. The van der Waals surface area contributed by atoms with E-state index in [-0.39, 0.29) is 0 Å². The van der Waals surface area contributed by atoms with Crippen LogP contribution in [0.25, 0.3) is 21.1 Å². The van der Waals surface area contributed by atoms with E-state index < -0.39 is 11.7 Å². The van der Waals surface area contributed by atoms with Crippen molar-refractivity contribution in [1.82, 2.24) is 10.2 Å². The topological polar surface area (TPSA) is 25.8 Å². The Labute approximate surface area is 122 Å². The van der Waals surface area contributed by atoms with Crippen LogP contribution in [0.2, 0.25) is 0 Å². The van der Waals surface area contributed by atoms with Crippen LogP contribution in [0.4, 0.5) is 13.2 Å². The summed E-state index contributed by atoms with van der Waals surface area (Å²) in [6.45, 7) is 0. The van der Waals surface area contributed by atoms with Gasteiger partial charge in [0.1, 0.15) is 10.0 Å². The van der Waals surface area contributed by atoms with Crippen LogP contribution in [0.15, 0.2) is 54.6 Å². The second-order valence-electron chi connectivity index (χ2n) is 4.35. The molecule has 21 heavy (non-hydrogen) atoms. The average Bonchev–Trinajstić information content (AvgIpc) is 2.97. The molecule has 2 aromatic carbocycles. The maximum absolute atomic E-state index is 12.5. The zero-order valence-corrected chi connectivity index (χ0v) is 11.4. The monoisotopic (exact) mass is 306 g/mol. The van der Waals surface area contributed by atoms with Crippen molar-refractivity contribution in [2.24, 2.45) is 0 Å². The SMILES string of the molecule is FC(F)(F)c1ccc(-c2nnc(-c3ccccc3)s2)cc1. The second-order valence-corrected chi connectivity index (χ2v) is 5.33. The average molecular weight is 306 g/mol. The van der Waals surface area contributed by atoms with Gasteiger partial charge >= 0.3 is 6.18 Å². The third-order valence-corrected chi connectivity index (χ3v) is 3.93. The van der Waals surface area contributed by atoms with Crippen LogP contribution in [0, 0.1) is 0 Å². The van der Waals surface area contributed by atoms with Gasteiger partial charge in [0.25, 0.3) is 0 Å². The lowest BCUT2D eigenvalue weighted by Crippen LogP contribution is -2.03. The first-order valence-electron chi connectivity index (χ1n) is 6.10. The van der Waals surface area contributed by atoms with Crippen molar-refractivity contribution in [2.75, 3.05) is 0 Å². The summed E-state index contributed by atoms with van der Waals surface area (Å²) in [4.78, 5) is 0. The first-order valence-corrected chi connectivity index (χ1v) is 6.92. The van der Waals surface area contributed by atoms with Gasteiger partial charge in [0.2, 0.25) is 0 Å². The van der Waals surface area contributed by atoms with Crippen LogP contribution in [0.3, 0.4) is 0 Å². The van der Waals surface area contributed by atoms with E-state index in [0.717, 1.165) is 22.7 Å². The van der Waals surface area contributed by atoms with Crippen LogP contribution in [0.1, 0.15) is 5.56 Å². The maximum atomic E-state index is 12.5. The molecular formula is C15H9F3N2S. The summed E-state index contributed by atoms with van der Waals surface area (Å²) in [5.41, 5.74) is 0.898. The Bertz CT molecular complexity index is 734. The van der Waals surface area contributed by atoms with Crippen LogP contribution >= 0.6 is 11.3 Å². The molecule has 0 aliphatic heterocycles. The van der Waals surface area contributed by atoms with Crippen molar-refractivity contribution in [3.8, 4) is 21.1 Å². The molecule has 6 heteroatoms. The summed E-state index contributed by atoms with van der Waals surface area (Å²) in [7, 11) is 0. The van der Waals surface area contributed by atoms with Crippen LogP contribution in [0.5, 0.6) is 0 Å². The summed E-state index contributed by atoms with van der Waals surface area (Å²) in [5.74, 6) is 0. The Kier molecular flexibility index (Phi) is 3.47. The molecule has 0 atom stereocenters.